The number of aromatic nitrogens is 5. The van der Waals surface area contributed by atoms with Crippen LogP contribution in [0.1, 0.15) is 0 Å². The molecule has 20 heavy (non-hydrogen) atoms. The molecule has 2 aromatic heterocycles. The molecule has 3 rings (SSSR count). The van der Waals surface area contributed by atoms with Crippen molar-refractivity contribution in [2.24, 2.45) is 0 Å². The molecule has 0 aliphatic heterocycles. The summed E-state index contributed by atoms with van der Waals surface area (Å²) in [6, 6.07) is 5.57. The normalized spacial score (nSPS) is 11.1. The first-order valence-corrected chi connectivity index (χ1v) is 7.35. The Balaban J connectivity index is 1.84. The molecule has 0 atom stereocenters. The third kappa shape index (κ3) is 2.74. The molecule has 1 N–H and O–H groups in total. The van der Waals surface area contributed by atoms with Crippen molar-refractivity contribution in [3.8, 4) is 0 Å². The van der Waals surface area contributed by atoms with Gasteiger partial charge in [0, 0.05) is 0 Å². The lowest BCUT2D eigenvalue weighted by atomic mass is 10.3. The van der Waals surface area contributed by atoms with E-state index in [1.54, 1.807) is 6.07 Å². The third-order valence-electron chi connectivity index (χ3n) is 2.24. The molecule has 2 heterocycles. The van der Waals surface area contributed by atoms with Crippen LogP contribution in [0.4, 0.5) is 0 Å². The van der Waals surface area contributed by atoms with Crippen molar-refractivity contribution in [1.82, 2.24) is 25.2 Å². The Labute approximate surface area is 125 Å². The Hall–Kier alpha value is -1.71. The van der Waals surface area contributed by atoms with Crippen molar-refractivity contribution >= 4 is 50.9 Å². The maximum Gasteiger partial charge on any atom is 0.327 e. The van der Waals surface area contributed by atoms with Gasteiger partial charge in [-0.2, -0.15) is 4.80 Å². The molecule has 0 saturated carbocycles. The summed E-state index contributed by atoms with van der Waals surface area (Å²) in [6.07, 6.45) is 0. The van der Waals surface area contributed by atoms with E-state index in [1.165, 1.54) is 23.1 Å². The molecular weight excluding hydrogens is 322 g/mol. The van der Waals surface area contributed by atoms with Crippen LogP contribution in [0.25, 0.3) is 10.2 Å². The first kappa shape index (κ1) is 13.3. The summed E-state index contributed by atoms with van der Waals surface area (Å²) in [7, 11) is 0. The molecule has 0 unspecified atom stereocenters. The Morgan fingerprint density at radius 3 is 3.10 bits per heavy atom. The van der Waals surface area contributed by atoms with E-state index in [9.17, 15) is 4.79 Å². The minimum absolute atomic E-state index is 0.320. The summed E-state index contributed by atoms with van der Waals surface area (Å²) < 4.78 is 1.70. The largest absolute Gasteiger partial charge is 0.480 e. The summed E-state index contributed by atoms with van der Waals surface area (Å²) in [4.78, 5) is 15.9. The van der Waals surface area contributed by atoms with Gasteiger partial charge in [0.2, 0.25) is 5.16 Å². The fraction of sp³-hybridized carbons (Fsp3) is 0.100. The number of benzene rings is 1. The van der Waals surface area contributed by atoms with E-state index in [4.69, 9.17) is 16.7 Å². The summed E-state index contributed by atoms with van der Waals surface area (Å²) in [6.45, 7) is -0.320. The van der Waals surface area contributed by atoms with Crippen molar-refractivity contribution in [3.63, 3.8) is 0 Å². The molecular formula is C10H6ClN5O2S2. The lowest BCUT2D eigenvalue weighted by molar-refractivity contribution is -0.138. The van der Waals surface area contributed by atoms with E-state index in [0.29, 0.717) is 10.2 Å². The van der Waals surface area contributed by atoms with Crippen LogP contribution in [0.5, 0.6) is 0 Å². The number of tetrazole rings is 1. The number of halogens is 1. The topological polar surface area (TPSA) is 93.8 Å². The van der Waals surface area contributed by atoms with Crippen LogP contribution in [-0.2, 0) is 11.3 Å². The zero-order valence-corrected chi connectivity index (χ0v) is 12.1. The van der Waals surface area contributed by atoms with Gasteiger partial charge in [-0.3, -0.25) is 4.79 Å². The molecule has 102 valence electrons. The van der Waals surface area contributed by atoms with Crippen LogP contribution in [0.2, 0.25) is 5.02 Å². The van der Waals surface area contributed by atoms with Crippen molar-refractivity contribution in [2.45, 2.75) is 16.0 Å². The molecule has 1 aromatic carbocycles. The zero-order valence-electron chi connectivity index (χ0n) is 9.73. The first-order chi connectivity index (χ1) is 9.61. The quantitative estimate of drug-likeness (QED) is 0.784. The Morgan fingerprint density at radius 1 is 1.50 bits per heavy atom. The fourth-order valence-electron chi connectivity index (χ4n) is 1.47. The van der Waals surface area contributed by atoms with Gasteiger partial charge in [-0.05, 0) is 29.1 Å². The predicted molar refractivity (Wildman–Crippen MR) is 74.2 cm³/mol. The van der Waals surface area contributed by atoms with Gasteiger partial charge in [0.15, 0.2) is 10.9 Å². The highest BCUT2D eigenvalue weighted by molar-refractivity contribution is 8.01. The Morgan fingerprint density at radius 2 is 2.35 bits per heavy atom. The van der Waals surface area contributed by atoms with Crippen LogP contribution >= 0.6 is 34.7 Å². The molecule has 0 saturated heterocycles. The van der Waals surface area contributed by atoms with Crippen molar-refractivity contribution in [1.29, 1.82) is 0 Å². The first-order valence-electron chi connectivity index (χ1n) is 5.34. The number of hydrogen-bond acceptors (Lipinski definition) is 7. The highest BCUT2D eigenvalue weighted by atomic mass is 35.5. The summed E-state index contributed by atoms with van der Waals surface area (Å²) in [5.41, 5.74) is 0.736. The summed E-state index contributed by atoms with van der Waals surface area (Å²) >= 11 is 8.74. The van der Waals surface area contributed by atoms with E-state index in [1.807, 2.05) is 12.1 Å². The number of fused-ring (bicyclic) bond motifs is 1. The number of aliphatic carboxylic acids is 1. The smallest absolute Gasteiger partial charge is 0.327 e. The molecule has 0 aliphatic rings. The minimum atomic E-state index is -1.02. The van der Waals surface area contributed by atoms with E-state index < -0.39 is 5.97 Å². The van der Waals surface area contributed by atoms with Crippen molar-refractivity contribution < 1.29 is 9.90 Å². The number of nitrogens with zero attached hydrogens (tertiary/aromatic N) is 5. The number of rotatable bonds is 4. The van der Waals surface area contributed by atoms with Gasteiger partial charge in [0.25, 0.3) is 0 Å². The maximum atomic E-state index is 10.5. The summed E-state index contributed by atoms with van der Waals surface area (Å²) in [5.74, 6) is -1.02. The van der Waals surface area contributed by atoms with Gasteiger partial charge in [-0.15, -0.1) is 21.5 Å². The lowest BCUT2D eigenvalue weighted by Crippen LogP contribution is -2.11. The van der Waals surface area contributed by atoms with Gasteiger partial charge < -0.3 is 5.11 Å². The molecule has 7 nitrogen and oxygen atoms in total. The third-order valence-corrected chi connectivity index (χ3v) is 4.47. The zero-order chi connectivity index (χ0) is 14.1. The molecule has 0 aliphatic carbocycles. The minimum Gasteiger partial charge on any atom is -0.480 e. The van der Waals surface area contributed by atoms with Gasteiger partial charge in [-0.25, -0.2) is 4.98 Å². The SMILES string of the molecule is O=C(O)Cn1nnc(Sc2nc3c(Cl)cccc3s2)n1. The van der Waals surface area contributed by atoms with E-state index in [0.717, 1.165) is 19.4 Å². The van der Waals surface area contributed by atoms with Crippen LogP contribution in [-0.4, -0.2) is 36.3 Å². The second kappa shape index (κ2) is 5.35. The maximum absolute atomic E-state index is 10.5. The second-order valence-electron chi connectivity index (χ2n) is 3.66. The predicted octanol–water partition coefficient (Wildman–Crippen LogP) is 2.17. The van der Waals surface area contributed by atoms with E-state index in [2.05, 4.69) is 20.4 Å². The Kier molecular flexibility index (Phi) is 3.55. The van der Waals surface area contributed by atoms with Gasteiger partial charge in [-0.1, -0.05) is 17.7 Å². The number of thiazole rings is 1. The number of carboxylic acid groups (broad SMARTS) is 1. The van der Waals surface area contributed by atoms with Crippen LogP contribution in [0.15, 0.2) is 27.7 Å². The molecule has 0 bridgehead atoms. The number of para-hydroxylation sites is 1. The van der Waals surface area contributed by atoms with E-state index >= 15 is 0 Å². The molecule has 0 radical (unpaired) electrons. The number of carbonyl (C=O) groups is 1. The van der Waals surface area contributed by atoms with Crippen LogP contribution in [0, 0.1) is 0 Å². The van der Waals surface area contributed by atoms with Crippen LogP contribution < -0.4 is 0 Å². The average Bonchev–Trinajstić information content (AvgIpc) is 2.96. The molecule has 3 aromatic rings. The molecule has 0 spiro atoms. The fourth-order valence-corrected chi connectivity index (χ4v) is 3.64. The summed E-state index contributed by atoms with van der Waals surface area (Å²) in [5, 5.41) is 20.9. The van der Waals surface area contributed by atoms with Crippen LogP contribution in [0.3, 0.4) is 0 Å². The van der Waals surface area contributed by atoms with Crippen molar-refractivity contribution in [2.75, 3.05) is 0 Å². The average molecular weight is 328 g/mol. The van der Waals surface area contributed by atoms with Gasteiger partial charge in [0.1, 0.15) is 5.52 Å². The van der Waals surface area contributed by atoms with E-state index in [-0.39, 0.29) is 6.54 Å². The van der Waals surface area contributed by atoms with Gasteiger partial charge >= 0.3 is 5.97 Å². The van der Waals surface area contributed by atoms with Gasteiger partial charge in [0.05, 0.1) is 9.72 Å². The standard InChI is InChI=1S/C10H6ClN5O2S2/c11-5-2-1-3-6-8(5)12-10(19-6)20-9-13-15-16(14-9)4-7(17)18/h1-3H,4H2,(H,17,18). The monoisotopic (exact) mass is 327 g/mol. The molecule has 10 heteroatoms. The molecule has 0 amide bonds. The Bertz CT molecular complexity index is 787. The highest BCUT2D eigenvalue weighted by Crippen LogP contribution is 2.34. The lowest BCUT2D eigenvalue weighted by Gasteiger charge is -1.90. The highest BCUT2D eigenvalue weighted by Gasteiger charge is 2.12. The second-order valence-corrected chi connectivity index (χ2v) is 6.32. The number of hydrogen-bond donors (Lipinski definition) is 1. The van der Waals surface area contributed by atoms with Crippen molar-refractivity contribution in [3.05, 3.63) is 23.2 Å². The number of carboxylic acids is 1. The molecule has 0 fully saturated rings.